The van der Waals surface area contributed by atoms with Crippen molar-refractivity contribution in [3.05, 3.63) is 17.6 Å². The molecular weight excluding hydrogens is 272 g/mol. The van der Waals surface area contributed by atoms with Crippen LogP contribution in [0.1, 0.15) is 16.3 Å². The number of nitrogens with zero attached hydrogens (tertiary/aromatic N) is 2. The van der Waals surface area contributed by atoms with E-state index in [0.717, 1.165) is 0 Å². The Hall–Kier alpha value is -1.74. The lowest BCUT2D eigenvalue weighted by atomic mass is 10.4. The molecule has 0 bridgehead atoms. The first kappa shape index (κ1) is 15.3. The maximum absolute atomic E-state index is 11.3. The molecule has 0 fully saturated rings. The van der Waals surface area contributed by atoms with Crippen molar-refractivity contribution in [3.8, 4) is 0 Å². The number of esters is 1. The van der Waals surface area contributed by atoms with E-state index in [-0.39, 0.29) is 18.1 Å². The van der Waals surface area contributed by atoms with Gasteiger partial charge in [-0.15, -0.1) is 0 Å². The molecular formula is C10H16N4O4S. The van der Waals surface area contributed by atoms with Crippen molar-refractivity contribution in [1.29, 1.82) is 0 Å². The number of hydrogen-bond acceptors (Lipinski definition) is 7. The number of aryl methyl sites for hydroxylation is 1. The predicted molar refractivity (Wildman–Crippen MR) is 69.4 cm³/mol. The first-order chi connectivity index (χ1) is 8.88. The molecule has 0 saturated carbocycles. The first-order valence-electron chi connectivity index (χ1n) is 5.47. The highest BCUT2D eigenvalue weighted by atomic mass is 32.2. The molecule has 0 unspecified atom stereocenters. The molecule has 0 radical (unpaired) electrons. The summed E-state index contributed by atoms with van der Waals surface area (Å²) in [4.78, 5) is 19.2. The minimum absolute atomic E-state index is 0.0681. The second kappa shape index (κ2) is 6.43. The largest absolute Gasteiger partial charge is 0.463 e. The summed E-state index contributed by atoms with van der Waals surface area (Å²) < 4.78 is 29.2. The number of nitrogens with one attached hydrogen (secondary N) is 2. The monoisotopic (exact) mass is 288 g/mol. The van der Waals surface area contributed by atoms with Crippen LogP contribution in [-0.4, -0.2) is 50.8 Å². The second-order valence-corrected chi connectivity index (χ2v) is 5.71. The normalized spacial score (nSPS) is 11.1. The van der Waals surface area contributed by atoms with Gasteiger partial charge in [0.2, 0.25) is 15.8 Å². The SMILES string of the molecule is CNS(=O)(=O)CCNc1cc(C)nc(C(=O)OC)n1. The highest BCUT2D eigenvalue weighted by Gasteiger charge is 2.12. The average Bonchev–Trinajstić information content (AvgIpc) is 2.37. The minimum atomic E-state index is -3.28. The molecule has 1 aromatic rings. The van der Waals surface area contributed by atoms with Crippen LogP contribution >= 0.6 is 0 Å². The zero-order chi connectivity index (χ0) is 14.5. The highest BCUT2D eigenvalue weighted by Crippen LogP contribution is 2.06. The number of carbonyl (C=O) groups is 1. The third-order valence-corrected chi connectivity index (χ3v) is 3.57. The van der Waals surface area contributed by atoms with E-state index in [9.17, 15) is 13.2 Å². The Labute approximate surface area is 111 Å². The zero-order valence-electron chi connectivity index (χ0n) is 10.9. The van der Waals surface area contributed by atoms with Gasteiger partial charge in [-0.05, 0) is 14.0 Å². The molecule has 1 aromatic heterocycles. The Bertz CT molecular complexity index is 559. The van der Waals surface area contributed by atoms with Crippen molar-refractivity contribution in [2.75, 3.05) is 31.8 Å². The summed E-state index contributed by atoms with van der Waals surface area (Å²) in [6.07, 6.45) is 0. The fraction of sp³-hybridized carbons (Fsp3) is 0.500. The van der Waals surface area contributed by atoms with Crippen molar-refractivity contribution < 1.29 is 17.9 Å². The molecule has 1 heterocycles. The van der Waals surface area contributed by atoms with Crippen LogP contribution in [0.2, 0.25) is 0 Å². The predicted octanol–water partition coefficient (Wildman–Crippen LogP) is -0.467. The Morgan fingerprint density at radius 1 is 1.42 bits per heavy atom. The number of anilines is 1. The number of hydrogen-bond donors (Lipinski definition) is 2. The van der Waals surface area contributed by atoms with E-state index >= 15 is 0 Å². The molecule has 8 nitrogen and oxygen atoms in total. The first-order valence-corrected chi connectivity index (χ1v) is 7.12. The van der Waals surface area contributed by atoms with Gasteiger partial charge in [-0.25, -0.2) is 27.9 Å². The van der Waals surface area contributed by atoms with E-state index < -0.39 is 16.0 Å². The molecule has 19 heavy (non-hydrogen) atoms. The molecule has 0 aliphatic heterocycles. The fourth-order valence-electron chi connectivity index (χ4n) is 1.26. The number of methoxy groups -OCH3 is 1. The van der Waals surface area contributed by atoms with E-state index in [1.807, 2.05) is 0 Å². The average molecular weight is 288 g/mol. The van der Waals surface area contributed by atoms with E-state index in [0.29, 0.717) is 11.5 Å². The summed E-state index contributed by atoms with van der Waals surface area (Å²) in [7, 11) is -0.695. The maximum Gasteiger partial charge on any atom is 0.376 e. The lowest BCUT2D eigenvalue weighted by Crippen LogP contribution is -2.26. The standard InChI is InChI=1S/C10H16N4O4S/c1-7-6-8(12-4-5-19(16,17)11-2)14-9(13-7)10(15)18-3/h6,11H,4-5H2,1-3H3,(H,12,13,14). The Morgan fingerprint density at radius 2 is 2.11 bits per heavy atom. The topological polar surface area (TPSA) is 110 Å². The third kappa shape index (κ3) is 4.79. The lowest BCUT2D eigenvalue weighted by Gasteiger charge is -2.07. The molecule has 0 saturated heterocycles. The van der Waals surface area contributed by atoms with Gasteiger partial charge >= 0.3 is 5.97 Å². The number of aromatic nitrogens is 2. The molecule has 0 amide bonds. The fourth-order valence-corrected chi connectivity index (χ4v) is 1.83. The summed E-state index contributed by atoms with van der Waals surface area (Å²) in [5.74, 6) is -0.435. The quantitative estimate of drug-likeness (QED) is 0.681. The van der Waals surface area contributed by atoms with E-state index in [2.05, 4.69) is 24.7 Å². The molecule has 2 N–H and O–H groups in total. The van der Waals surface area contributed by atoms with Crippen LogP contribution in [0, 0.1) is 6.92 Å². The summed E-state index contributed by atoms with van der Waals surface area (Å²) in [5.41, 5.74) is 0.578. The van der Waals surface area contributed by atoms with Gasteiger partial charge in [-0.3, -0.25) is 0 Å². The van der Waals surface area contributed by atoms with Gasteiger partial charge in [-0.1, -0.05) is 0 Å². The Balaban J connectivity index is 2.74. The van der Waals surface area contributed by atoms with Crippen LogP contribution < -0.4 is 10.0 Å². The van der Waals surface area contributed by atoms with Crippen molar-refractivity contribution in [2.24, 2.45) is 0 Å². The van der Waals surface area contributed by atoms with E-state index in [1.54, 1.807) is 13.0 Å². The molecule has 0 atom stereocenters. The van der Waals surface area contributed by atoms with Gasteiger partial charge in [-0.2, -0.15) is 0 Å². The second-order valence-electron chi connectivity index (χ2n) is 3.66. The van der Waals surface area contributed by atoms with Crippen LogP contribution in [0.15, 0.2) is 6.07 Å². The molecule has 0 aliphatic rings. The van der Waals surface area contributed by atoms with Crippen LogP contribution in [0.5, 0.6) is 0 Å². The van der Waals surface area contributed by atoms with Crippen molar-refractivity contribution in [1.82, 2.24) is 14.7 Å². The van der Waals surface area contributed by atoms with Gasteiger partial charge in [0.05, 0.1) is 12.9 Å². The number of carbonyl (C=O) groups excluding carboxylic acids is 1. The molecule has 9 heteroatoms. The molecule has 0 spiro atoms. The Kier molecular flexibility index (Phi) is 5.19. The molecule has 1 rings (SSSR count). The van der Waals surface area contributed by atoms with Gasteiger partial charge in [0.15, 0.2) is 0 Å². The third-order valence-electron chi connectivity index (χ3n) is 2.21. The summed E-state index contributed by atoms with van der Waals surface area (Å²) in [6.45, 7) is 1.86. The van der Waals surface area contributed by atoms with Gasteiger partial charge < -0.3 is 10.1 Å². The van der Waals surface area contributed by atoms with Gasteiger partial charge in [0.1, 0.15) is 5.82 Å². The summed E-state index contributed by atoms with van der Waals surface area (Å²) >= 11 is 0. The van der Waals surface area contributed by atoms with E-state index in [1.165, 1.54) is 14.2 Å². The maximum atomic E-state index is 11.3. The molecule has 0 aromatic carbocycles. The summed E-state index contributed by atoms with van der Waals surface area (Å²) in [6, 6.07) is 1.61. The number of sulfonamides is 1. The van der Waals surface area contributed by atoms with Crippen LogP contribution in [-0.2, 0) is 14.8 Å². The molecule has 0 aliphatic carbocycles. The summed E-state index contributed by atoms with van der Waals surface area (Å²) in [5, 5.41) is 2.82. The van der Waals surface area contributed by atoms with Gasteiger partial charge in [0, 0.05) is 18.3 Å². The number of rotatable bonds is 6. The lowest BCUT2D eigenvalue weighted by molar-refractivity contribution is 0.0586. The number of ether oxygens (including phenoxy) is 1. The van der Waals surface area contributed by atoms with E-state index in [4.69, 9.17) is 0 Å². The minimum Gasteiger partial charge on any atom is -0.463 e. The van der Waals surface area contributed by atoms with Crippen LogP contribution in [0.4, 0.5) is 5.82 Å². The Morgan fingerprint density at radius 3 is 2.68 bits per heavy atom. The molecule has 106 valence electrons. The van der Waals surface area contributed by atoms with Crippen molar-refractivity contribution in [2.45, 2.75) is 6.92 Å². The van der Waals surface area contributed by atoms with Gasteiger partial charge in [0.25, 0.3) is 0 Å². The van der Waals surface area contributed by atoms with Crippen LogP contribution in [0.3, 0.4) is 0 Å². The smallest absolute Gasteiger partial charge is 0.376 e. The van der Waals surface area contributed by atoms with Crippen LogP contribution in [0.25, 0.3) is 0 Å². The van der Waals surface area contributed by atoms with Crippen molar-refractivity contribution >= 4 is 21.8 Å². The zero-order valence-corrected chi connectivity index (χ0v) is 11.7. The van der Waals surface area contributed by atoms with Crippen molar-refractivity contribution in [3.63, 3.8) is 0 Å². The highest BCUT2D eigenvalue weighted by molar-refractivity contribution is 7.89.